The van der Waals surface area contributed by atoms with E-state index in [-0.39, 0.29) is 0 Å². The summed E-state index contributed by atoms with van der Waals surface area (Å²) in [4.78, 5) is 0. The Morgan fingerprint density at radius 1 is 1.00 bits per heavy atom. The van der Waals surface area contributed by atoms with Gasteiger partial charge in [0, 0.05) is 0 Å². The SMILES string of the molecule is CSP1(=S)SP(=S)(SC)S1. The largest absolute Gasteiger partial charge is 0.121 e. The Hall–Kier alpha value is 2.70. The Labute approximate surface area is 87.3 Å². The minimum atomic E-state index is -1.10. The second-order valence-corrected chi connectivity index (χ2v) is 31.8. The van der Waals surface area contributed by atoms with Gasteiger partial charge in [-0.25, -0.2) is 0 Å². The predicted molar refractivity (Wildman–Crippen MR) is 70.8 cm³/mol. The lowest BCUT2D eigenvalue weighted by Crippen LogP contribution is -1.71. The monoisotopic (exact) mass is 284 g/mol. The van der Waals surface area contributed by atoms with Crippen molar-refractivity contribution in [1.29, 1.82) is 0 Å². The summed E-state index contributed by atoms with van der Waals surface area (Å²) in [7, 11) is 0. The number of rotatable bonds is 2. The molecule has 1 rings (SSSR count). The zero-order valence-electron chi connectivity index (χ0n) is 5.34. The average molecular weight is 284 g/mol. The van der Waals surface area contributed by atoms with Crippen molar-refractivity contribution < 1.29 is 0 Å². The molecule has 0 aromatic heterocycles. The van der Waals surface area contributed by atoms with Gasteiger partial charge in [0.05, 0.1) is 0 Å². The van der Waals surface area contributed by atoms with Crippen LogP contribution in [0.5, 0.6) is 0 Å². The third-order valence-corrected chi connectivity index (χ3v) is 44.5. The lowest BCUT2D eigenvalue weighted by molar-refractivity contribution is 2.54. The molecular weight excluding hydrogens is 278 g/mol. The van der Waals surface area contributed by atoms with Crippen LogP contribution in [0.4, 0.5) is 0 Å². The molecule has 0 spiro atoms. The van der Waals surface area contributed by atoms with Crippen LogP contribution in [0.2, 0.25) is 0 Å². The molecule has 60 valence electrons. The van der Waals surface area contributed by atoms with Gasteiger partial charge in [0.15, 0.2) is 0 Å². The molecule has 1 aliphatic heterocycles. The molecule has 1 aliphatic rings. The van der Waals surface area contributed by atoms with E-state index in [4.69, 9.17) is 23.6 Å². The zero-order chi connectivity index (χ0) is 7.83. The molecule has 0 aromatic rings. The average Bonchev–Trinajstić information content (AvgIpc) is 1.85. The maximum absolute atomic E-state index is 5.40. The Morgan fingerprint density at radius 2 is 1.30 bits per heavy atom. The Morgan fingerprint density at radius 3 is 1.50 bits per heavy atom. The van der Waals surface area contributed by atoms with Gasteiger partial charge in [-0.2, -0.15) is 0 Å². The summed E-state index contributed by atoms with van der Waals surface area (Å²) in [6.07, 6.45) is 4.19. The van der Waals surface area contributed by atoms with E-state index in [2.05, 4.69) is 12.5 Å². The Kier molecular flexibility index (Phi) is 4.13. The first-order valence-corrected chi connectivity index (χ1v) is 15.6. The molecule has 10 heavy (non-hydrogen) atoms. The highest BCUT2D eigenvalue weighted by atomic mass is 33.9. The van der Waals surface area contributed by atoms with Crippen LogP contribution in [0, 0.1) is 0 Å². The van der Waals surface area contributed by atoms with Crippen LogP contribution >= 0.6 is 52.1 Å². The fourth-order valence-corrected chi connectivity index (χ4v) is 66.4. The summed E-state index contributed by atoms with van der Waals surface area (Å²) in [5, 5.41) is 0. The van der Waals surface area contributed by atoms with Gasteiger partial charge in [0.2, 0.25) is 0 Å². The first-order valence-electron chi connectivity index (χ1n) is 2.28. The smallest absolute Gasteiger partial charge is 0.107 e. The molecule has 0 unspecified atom stereocenters. The normalized spacial score (nSPS) is 46.6. The molecule has 0 aromatic carbocycles. The van der Waals surface area contributed by atoms with E-state index in [0.717, 1.165) is 0 Å². The fourth-order valence-electron chi connectivity index (χ4n) is 0.384. The zero-order valence-corrected chi connectivity index (χ0v) is 12.0. The maximum Gasteiger partial charge on any atom is 0.121 e. The molecule has 0 radical (unpaired) electrons. The van der Waals surface area contributed by atoms with Crippen LogP contribution in [0.25, 0.3) is 0 Å². The molecule has 1 saturated heterocycles. The van der Waals surface area contributed by atoms with Crippen molar-refractivity contribution in [2.75, 3.05) is 12.5 Å². The molecule has 0 aliphatic carbocycles. The van der Waals surface area contributed by atoms with Gasteiger partial charge in [-0.3, -0.25) is 0 Å². The molecule has 1 heterocycles. The topological polar surface area (TPSA) is 0 Å². The predicted octanol–water partition coefficient (Wildman–Crippen LogP) is 4.64. The summed E-state index contributed by atoms with van der Waals surface area (Å²) in [6.45, 7) is 0. The molecule has 0 atom stereocenters. The van der Waals surface area contributed by atoms with Crippen molar-refractivity contribution in [2.24, 2.45) is 0 Å². The van der Waals surface area contributed by atoms with Crippen molar-refractivity contribution in [2.45, 2.75) is 0 Å². The van der Waals surface area contributed by atoms with E-state index in [1.54, 1.807) is 0 Å². The summed E-state index contributed by atoms with van der Waals surface area (Å²) < 4.78 is -2.21. The third-order valence-electron chi connectivity index (χ3n) is 0.847. The second kappa shape index (κ2) is 3.83. The van der Waals surface area contributed by atoms with Gasteiger partial charge < -0.3 is 0 Å². The molecule has 1 fully saturated rings. The highest BCUT2D eigenvalue weighted by Gasteiger charge is 2.42. The summed E-state index contributed by atoms with van der Waals surface area (Å²) in [5.74, 6) is 0. The first kappa shape index (κ1) is 10.8. The van der Waals surface area contributed by atoms with Crippen LogP contribution < -0.4 is 0 Å². The minimum Gasteiger partial charge on any atom is -0.107 e. The van der Waals surface area contributed by atoms with Crippen molar-refractivity contribution in [1.82, 2.24) is 0 Å². The van der Waals surface area contributed by atoms with E-state index in [1.807, 2.05) is 44.8 Å². The standard InChI is InChI=1S/C2H6P2S6/c1-7-3(5)9-4(6,8-2)10-3/h1-2H3. The van der Waals surface area contributed by atoms with E-state index < -0.39 is 7.29 Å². The van der Waals surface area contributed by atoms with Gasteiger partial charge in [-0.15, -0.1) is 22.8 Å². The van der Waals surface area contributed by atoms with Crippen molar-refractivity contribution in [3.05, 3.63) is 0 Å². The van der Waals surface area contributed by atoms with Crippen molar-refractivity contribution in [3.8, 4) is 0 Å². The fraction of sp³-hybridized carbons (Fsp3) is 1.00. The first-order chi connectivity index (χ1) is 4.54. The van der Waals surface area contributed by atoms with E-state index in [1.165, 1.54) is 0 Å². The minimum absolute atomic E-state index is 1.10. The Balaban J connectivity index is 2.59. The quantitative estimate of drug-likeness (QED) is 0.672. The molecular formula is C2H6P2S6. The van der Waals surface area contributed by atoms with Gasteiger partial charge >= 0.3 is 0 Å². The number of hydrogen-bond donors (Lipinski definition) is 0. The third kappa shape index (κ3) is 2.35. The van der Waals surface area contributed by atoms with Crippen LogP contribution in [-0.2, 0) is 23.6 Å². The summed E-state index contributed by atoms with van der Waals surface area (Å²) >= 11 is 18.3. The lowest BCUT2D eigenvalue weighted by atomic mass is 12.0. The Bertz CT molecular complexity index is 186. The van der Waals surface area contributed by atoms with Crippen molar-refractivity contribution >= 4 is 75.7 Å². The summed E-state index contributed by atoms with van der Waals surface area (Å²) in [6, 6.07) is 0. The van der Waals surface area contributed by atoms with Crippen LogP contribution in [0.3, 0.4) is 0 Å². The molecule has 0 bridgehead atoms. The highest BCUT2D eigenvalue weighted by molar-refractivity contribution is 9.63. The van der Waals surface area contributed by atoms with Crippen LogP contribution in [-0.4, -0.2) is 12.5 Å². The van der Waals surface area contributed by atoms with Gasteiger partial charge in [0.1, 0.15) is 7.29 Å². The molecule has 0 amide bonds. The van der Waals surface area contributed by atoms with E-state index >= 15 is 0 Å². The number of hydrogen-bond acceptors (Lipinski definition) is 6. The van der Waals surface area contributed by atoms with Gasteiger partial charge in [0.25, 0.3) is 0 Å². The lowest BCUT2D eigenvalue weighted by Gasteiger charge is -2.36. The second-order valence-electron chi connectivity index (χ2n) is 1.42. The molecule has 0 N–H and O–H groups in total. The van der Waals surface area contributed by atoms with Crippen LogP contribution in [0.1, 0.15) is 0 Å². The molecule has 0 saturated carbocycles. The van der Waals surface area contributed by atoms with Gasteiger partial charge in [-0.05, 0) is 34.5 Å². The molecule has 8 heteroatoms. The molecule has 0 nitrogen and oxygen atoms in total. The van der Waals surface area contributed by atoms with E-state index in [9.17, 15) is 0 Å². The van der Waals surface area contributed by atoms with Gasteiger partial charge in [-0.1, -0.05) is 23.6 Å². The maximum atomic E-state index is 5.40. The van der Waals surface area contributed by atoms with E-state index in [0.29, 0.717) is 0 Å². The highest BCUT2D eigenvalue weighted by Crippen LogP contribution is 3.11. The van der Waals surface area contributed by atoms with Crippen molar-refractivity contribution in [3.63, 3.8) is 0 Å². The van der Waals surface area contributed by atoms with Crippen LogP contribution in [0.15, 0.2) is 0 Å². The summed E-state index contributed by atoms with van der Waals surface area (Å²) in [5.41, 5.74) is 0.